The van der Waals surface area contributed by atoms with E-state index in [0.717, 1.165) is 22.3 Å². The number of para-hydroxylation sites is 4. The van der Waals surface area contributed by atoms with E-state index in [-0.39, 0.29) is 0 Å². The standard InChI is InChI=1S/C33H21N3/c1-2-12-23(13-3-1)35-28-16-6-4-14-24(28)26-19-20-27-25-15-5-7-17-29(25)36(33(27)32(26)35)30-18-8-10-22-11-9-21-34-31(22)30/h1-21H. The Hall–Kier alpha value is -4.89. The number of nitrogens with zero attached hydrogens (tertiary/aromatic N) is 3. The number of hydrogen-bond donors (Lipinski definition) is 0. The van der Waals surface area contributed by atoms with Crippen molar-refractivity contribution in [1.82, 2.24) is 14.1 Å². The molecule has 0 saturated carbocycles. The third-order valence-electron chi connectivity index (χ3n) is 7.34. The van der Waals surface area contributed by atoms with Gasteiger partial charge in [0, 0.05) is 38.8 Å². The molecule has 8 aromatic rings. The van der Waals surface area contributed by atoms with E-state index in [2.05, 4.69) is 124 Å². The maximum absolute atomic E-state index is 4.83. The van der Waals surface area contributed by atoms with Gasteiger partial charge < -0.3 is 9.13 Å². The average molecular weight is 460 g/mol. The Bertz CT molecular complexity index is 2090. The number of hydrogen-bond acceptors (Lipinski definition) is 1. The Kier molecular flexibility index (Phi) is 3.94. The molecule has 0 fully saturated rings. The Morgan fingerprint density at radius 2 is 1.06 bits per heavy atom. The lowest BCUT2D eigenvalue weighted by molar-refractivity contribution is 1.15. The van der Waals surface area contributed by atoms with Gasteiger partial charge in [-0.3, -0.25) is 4.98 Å². The third-order valence-corrected chi connectivity index (χ3v) is 7.34. The van der Waals surface area contributed by atoms with Crippen LogP contribution in [0.1, 0.15) is 0 Å². The van der Waals surface area contributed by atoms with E-state index in [9.17, 15) is 0 Å². The number of fused-ring (bicyclic) bond motifs is 8. The van der Waals surface area contributed by atoms with Crippen LogP contribution in [0.3, 0.4) is 0 Å². The Morgan fingerprint density at radius 1 is 0.444 bits per heavy atom. The van der Waals surface area contributed by atoms with Crippen LogP contribution in [-0.2, 0) is 0 Å². The van der Waals surface area contributed by atoms with Gasteiger partial charge in [-0.2, -0.15) is 0 Å². The summed E-state index contributed by atoms with van der Waals surface area (Å²) in [6.07, 6.45) is 1.89. The molecule has 5 aromatic carbocycles. The fraction of sp³-hybridized carbons (Fsp3) is 0. The highest BCUT2D eigenvalue weighted by Gasteiger charge is 2.21. The Morgan fingerprint density at radius 3 is 1.81 bits per heavy atom. The molecular weight excluding hydrogens is 438 g/mol. The lowest BCUT2D eigenvalue weighted by Crippen LogP contribution is -1.99. The van der Waals surface area contributed by atoms with Crippen LogP contribution in [0.15, 0.2) is 128 Å². The zero-order valence-electron chi connectivity index (χ0n) is 19.5. The van der Waals surface area contributed by atoms with Crippen molar-refractivity contribution in [3.63, 3.8) is 0 Å². The molecule has 0 bridgehead atoms. The van der Waals surface area contributed by atoms with Crippen molar-refractivity contribution < 1.29 is 0 Å². The highest BCUT2D eigenvalue weighted by Crippen LogP contribution is 2.42. The lowest BCUT2D eigenvalue weighted by Gasteiger charge is -2.13. The van der Waals surface area contributed by atoms with Gasteiger partial charge >= 0.3 is 0 Å². The van der Waals surface area contributed by atoms with E-state index in [1.165, 1.54) is 43.6 Å². The van der Waals surface area contributed by atoms with Gasteiger partial charge in [0.15, 0.2) is 0 Å². The molecule has 0 unspecified atom stereocenters. The van der Waals surface area contributed by atoms with E-state index >= 15 is 0 Å². The SMILES string of the molecule is c1ccc(-n2c3ccccc3c3ccc4c5ccccc5n(-c5cccc6cccnc56)c4c32)cc1. The fourth-order valence-electron chi connectivity index (χ4n) is 5.86. The van der Waals surface area contributed by atoms with Crippen molar-refractivity contribution in [3.05, 3.63) is 128 Å². The van der Waals surface area contributed by atoms with Crippen LogP contribution in [0, 0.1) is 0 Å². The summed E-state index contributed by atoms with van der Waals surface area (Å²) in [7, 11) is 0. The molecule has 8 rings (SSSR count). The van der Waals surface area contributed by atoms with Crippen LogP contribution in [0.2, 0.25) is 0 Å². The van der Waals surface area contributed by atoms with E-state index in [1.54, 1.807) is 0 Å². The molecule has 0 N–H and O–H groups in total. The summed E-state index contributed by atoms with van der Waals surface area (Å²) in [6, 6.07) is 43.3. The first kappa shape index (κ1) is 19.4. The van der Waals surface area contributed by atoms with E-state index < -0.39 is 0 Å². The monoisotopic (exact) mass is 459 g/mol. The number of benzene rings is 5. The Labute approximate surface area is 207 Å². The van der Waals surface area contributed by atoms with Gasteiger partial charge in [-0.05, 0) is 36.4 Å². The molecule has 0 atom stereocenters. The molecule has 3 aromatic heterocycles. The molecule has 0 saturated heterocycles. The molecule has 3 heteroatoms. The summed E-state index contributed by atoms with van der Waals surface area (Å²) in [5.41, 5.74) is 8.06. The third kappa shape index (κ3) is 2.54. The second-order valence-corrected chi connectivity index (χ2v) is 9.25. The molecule has 168 valence electrons. The van der Waals surface area contributed by atoms with Gasteiger partial charge in [0.05, 0.1) is 33.3 Å². The summed E-state index contributed by atoms with van der Waals surface area (Å²) < 4.78 is 4.83. The fourth-order valence-corrected chi connectivity index (χ4v) is 5.86. The van der Waals surface area contributed by atoms with Crippen LogP contribution >= 0.6 is 0 Å². The number of rotatable bonds is 2. The summed E-state index contributed by atoms with van der Waals surface area (Å²) in [6.45, 7) is 0. The summed E-state index contributed by atoms with van der Waals surface area (Å²) in [5.74, 6) is 0. The maximum Gasteiger partial charge on any atom is 0.0942 e. The average Bonchev–Trinajstić information content (AvgIpc) is 3.46. The molecule has 0 aliphatic carbocycles. The molecule has 0 aliphatic heterocycles. The van der Waals surface area contributed by atoms with Crippen LogP contribution in [0.25, 0.3) is 65.9 Å². The van der Waals surface area contributed by atoms with E-state index in [0.29, 0.717) is 0 Å². The predicted molar refractivity (Wildman–Crippen MR) is 150 cm³/mol. The number of aromatic nitrogens is 3. The van der Waals surface area contributed by atoms with Gasteiger partial charge in [0.25, 0.3) is 0 Å². The van der Waals surface area contributed by atoms with Crippen LogP contribution in [0.5, 0.6) is 0 Å². The zero-order valence-corrected chi connectivity index (χ0v) is 19.5. The quantitative estimate of drug-likeness (QED) is 0.254. The molecule has 3 heterocycles. The summed E-state index contributed by atoms with van der Waals surface area (Å²) in [5, 5.41) is 6.13. The van der Waals surface area contributed by atoms with Crippen LogP contribution in [0.4, 0.5) is 0 Å². The van der Waals surface area contributed by atoms with Crippen LogP contribution < -0.4 is 0 Å². The largest absolute Gasteiger partial charge is 0.307 e. The van der Waals surface area contributed by atoms with Crippen molar-refractivity contribution in [2.75, 3.05) is 0 Å². The molecule has 0 spiro atoms. The van der Waals surface area contributed by atoms with E-state index in [4.69, 9.17) is 4.98 Å². The van der Waals surface area contributed by atoms with Gasteiger partial charge in [0.2, 0.25) is 0 Å². The minimum Gasteiger partial charge on any atom is -0.307 e. The minimum atomic E-state index is 1.00. The van der Waals surface area contributed by atoms with Crippen molar-refractivity contribution in [2.24, 2.45) is 0 Å². The van der Waals surface area contributed by atoms with Crippen LogP contribution in [-0.4, -0.2) is 14.1 Å². The zero-order chi connectivity index (χ0) is 23.6. The van der Waals surface area contributed by atoms with Crippen molar-refractivity contribution in [3.8, 4) is 11.4 Å². The first-order valence-corrected chi connectivity index (χ1v) is 12.2. The van der Waals surface area contributed by atoms with E-state index in [1.807, 2.05) is 12.3 Å². The van der Waals surface area contributed by atoms with Crippen molar-refractivity contribution in [1.29, 1.82) is 0 Å². The minimum absolute atomic E-state index is 1.00. The molecule has 0 amide bonds. The normalized spacial score (nSPS) is 11.9. The van der Waals surface area contributed by atoms with Crippen molar-refractivity contribution >= 4 is 54.5 Å². The second-order valence-electron chi connectivity index (χ2n) is 9.25. The highest BCUT2D eigenvalue weighted by atomic mass is 15.0. The predicted octanol–water partition coefficient (Wildman–Crippen LogP) is 8.43. The smallest absolute Gasteiger partial charge is 0.0942 e. The Balaban J connectivity index is 1.68. The molecule has 0 aliphatic rings. The van der Waals surface area contributed by atoms with Gasteiger partial charge in [-0.15, -0.1) is 0 Å². The van der Waals surface area contributed by atoms with Crippen molar-refractivity contribution in [2.45, 2.75) is 0 Å². The molecule has 3 nitrogen and oxygen atoms in total. The number of pyridine rings is 1. The summed E-state index contributed by atoms with van der Waals surface area (Å²) in [4.78, 5) is 4.83. The molecular formula is C33H21N3. The molecule has 36 heavy (non-hydrogen) atoms. The van der Waals surface area contributed by atoms with Gasteiger partial charge in [-0.1, -0.05) is 84.9 Å². The lowest BCUT2D eigenvalue weighted by atomic mass is 10.1. The van der Waals surface area contributed by atoms with Gasteiger partial charge in [-0.25, -0.2) is 0 Å². The highest BCUT2D eigenvalue weighted by molar-refractivity contribution is 6.24. The van der Waals surface area contributed by atoms with Gasteiger partial charge in [0.1, 0.15) is 0 Å². The topological polar surface area (TPSA) is 22.8 Å². The maximum atomic E-state index is 4.83. The summed E-state index contributed by atoms with van der Waals surface area (Å²) >= 11 is 0. The molecule has 0 radical (unpaired) electrons. The first-order chi connectivity index (χ1) is 17.9. The second kappa shape index (κ2) is 7.30. The first-order valence-electron chi connectivity index (χ1n) is 12.2.